The van der Waals surface area contributed by atoms with Gasteiger partial charge in [-0.3, -0.25) is 9.10 Å². The number of aliphatic hydroxyl groups is 1. The zero-order valence-electron chi connectivity index (χ0n) is 20.3. The van der Waals surface area contributed by atoms with Crippen LogP contribution in [0.25, 0.3) is 0 Å². The Morgan fingerprint density at radius 1 is 1.05 bits per heavy atom. The number of amides is 1. The van der Waals surface area contributed by atoms with Gasteiger partial charge in [0, 0.05) is 48.0 Å². The Hall–Kier alpha value is -2.27. The molecule has 4 unspecified atom stereocenters. The molecular formula is C26H27Cl2N3O4S2. The van der Waals surface area contributed by atoms with Crippen LogP contribution in [0.5, 0.6) is 0 Å². The maximum Gasteiger partial charge on any atom is 0.257 e. The third-order valence-corrected chi connectivity index (χ3v) is 9.16. The van der Waals surface area contributed by atoms with Crippen LogP contribution in [0.2, 0.25) is 10.0 Å². The molecule has 1 saturated heterocycles. The van der Waals surface area contributed by atoms with Crippen LogP contribution < -0.4 is 9.62 Å². The third kappa shape index (κ3) is 6.60. The molecule has 3 aromatic rings. The number of para-hydroxylation sites is 1. The molecule has 4 rings (SSSR count). The van der Waals surface area contributed by atoms with Crippen LogP contribution in [0.15, 0.2) is 71.6 Å². The lowest BCUT2D eigenvalue weighted by molar-refractivity contribution is 0.0875. The molecule has 1 heterocycles. The van der Waals surface area contributed by atoms with E-state index in [1.807, 2.05) is 0 Å². The highest BCUT2D eigenvalue weighted by Gasteiger charge is 2.32. The number of hydrogen-bond donors (Lipinski definition) is 2. The van der Waals surface area contributed by atoms with Crippen molar-refractivity contribution in [2.45, 2.75) is 23.3 Å². The summed E-state index contributed by atoms with van der Waals surface area (Å²) < 4.78 is 28.4. The Bertz CT molecular complexity index is 1320. The molecule has 196 valence electrons. The maximum absolute atomic E-state index is 13.2. The van der Waals surface area contributed by atoms with E-state index < -0.39 is 28.1 Å². The zero-order valence-corrected chi connectivity index (χ0v) is 23.4. The first-order valence-electron chi connectivity index (χ1n) is 11.5. The summed E-state index contributed by atoms with van der Waals surface area (Å²) in [5.74, 6) is -0.484. The van der Waals surface area contributed by atoms with Crippen molar-refractivity contribution in [3.8, 4) is 0 Å². The van der Waals surface area contributed by atoms with E-state index in [2.05, 4.69) is 5.32 Å². The highest BCUT2D eigenvalue weighted by atomic mass is 35.5. The van der Waals surface area contributed by atoms with E-state index in [-0.39, 0.29) is 18.4 Å². The van der Waals surface area contributed by atoms with Crippen LogP contribution >= 0.6 is 23.2 Å². The van der Waals surface area contributed by atoms with E-state index in [9.17, 15) is 18.3 Å². The molecule has 0 saturated carbocycles. The molecule has 0 spiro atoms. The lowest BCUT2D eigenvalue weighted by atomic mass is 9.88. The first-order chi connectivity index (χ1) is 17.6. The number of carbonyl (C=O) groups is 1. The van der Waals surface area contributed by atoms with E-state index in [1.54, 1.807) is 84.3 Å². The molecule has 3 aromatic carbocycles. The molecule has 0 bridgehead atoms. The number of halogens is 2. The van der Waals surface area contributed by atoms with Gasteiger partial charge in [0.2, 0.25) is 0 Å². The SMILES string of the molecule is CN(c1ccccc1C(=O)Nc1ccc(S(=O)N2CCC(c3cc(Cl)cc(Cl)c3)C(O)C2)cc1)S(C)=O. The Kier molecular flexibility index (Phi) is 9.05. The molecule has 0 radical (unpaired) electrons. The fourth-order valence-electron chi connectivity index (χ4n) is 4.31. The Labute approximate surface area is 231 Å². The minimum Gasteiger partial charge on any atom is -0.391 e. The predicted molar refractivity (Wildman–Crippen MR) is 151 cm³/mol. The zero-order chi connectivity index (χ0) is 26.7. The van der Waals surface area contributed by atoms with Gasteiger partial charge < -0.3 is 10.4 Å². The number of rotatable bonds is 7. The summed E-state index contributed by atoms with van der Waals surface area (Å²) in [6.07, 6.45) is 1.43. The summed E-state index contributed by atoms with van der Waals surface area (Å²) in [5.41, 5.74) is 2.36. The summed E-state index contributed by atoms with van der Waals surface area (Å²) in [7, 11) is -1.09. The molecule has 4 atom stereocenters. The van der Waals surface area contributed by atoms with Crippen molar-refractivity contribution in [1.82, 2.24) is 4.31 Å². The van der Waals surface area contributed by atoms with Crippen LogP contribution in [0, 0.1) is 0 Å². The molecule has 37 heavy (non-hydrogen) atoms. The van der Waals surface area contributed by atoms with E-state index in [0.717, 1.165) is 5.56 Å². The Morgan fingerprint density at radius 2 is 1.70 bits per heavy atom. The van der Waals surface area contributed by atoms with Crippen molar-refractivity contribution in [3.63, 3.8) is 0 Å². The van der Waals surface area contributed by atoms with Crippen molar-refractivity contribution in [1.29, 1.82) is 0 Å². The second-order valence-corrected chi connectivity index (χ2v) is 12.5. The first kappa shape index (κ1) is 27.8. The fourth-order valence-corrected chi connectivity index (χ4v) is 6.52. The summed E-state index contributed by atoms with van der Waals surface area (Å²) >= 11 is 12.2. The number of aliphatic hydroxyl groups excluding tert-OH is 1. The smallest absolute Gasteiger partial charge is 0.257 e. The van der Waals surface area contributed by atoms with E-state index in [4.69, 9.17) is 23.2 Å². The number of hydrogen-bond acceptors (Lipinski definition) is 4. The van der Waals surface area contributed by atoms with Gasteiger partial charge in [0.1, 0.15) is 22.0 Å². The van der Waals surface area contributed by atoms with E-state index in [1.165, 1.54) is 4.31 Å². The molecule has 1 amide bonds. The number of carbonyl (C=O) groups excluding carboxylic acids is 1. The predicted octanol–water partition coefficient (Wildman–Crippen LogP) is 4.85. The quantitative estimate of drug-likeness (QED) is 0.418. The van der Waals surface area contributed by atoms with Crippen molar-refractivity contribution >= 4 is 62.5 Å². The van der Waals surface area contributed by atoms with Crippen LogP contribution in [0.3, 0.4) is 0 Å². The van der Waals surface area contributed by atoms with Crippen molar-refractivity contribution < 1.29 is 18.3 Å². The molecule has 11 heteroatoms. The second-order valence-electron chi connectivity index (χ2n) is 8.72. The topological polar surface area (TPSA) is 90.0 Å². The number of piperidine rings is 1. The van der Waals surface area contributed by atoms with Gasteiger partial charge in [-0.25, -0.2) is 12.7 Å². The molecule has 0 aromatic heterocycles. The van der Waals surface area contributed by atoms with Gasteiger partial charge in [-0.1, -0.05) is 35.3 Å². The number of β-amino-alcohol motifs (C(OH)–C–C–N with tert-alkyl or cyclic N) is 1. The summed E-state index contributed by atoms with van der Waals surface area (Å²) in [5, 5.41) is 14.7. The van der Waals surface area contributed by atoms with E-state index >= 15 is 0 Å². The average molecular weight is 581 g/mol. The average Bonchev–Trinajstić information content (AvgIpc) is 2.87. The molecule has 7 nitrogen and oxygen atoms in total. The van der Waals surface area contributed by atoms with Gasteiger partial charge in [-0.2, -0.15) is 0 Å². The molecule has 1 fully saturated rings. The number of anilines is 2. The minimum absolute atomic E-state index is 0.144. The fraction of sp³-hybridized carbons (Fsp3) is 0.269. The molecular weight excluding hydrogens is 553 g/mol. The lowest BCUT2D eigenvalue weighted by Gasteiger charge is -2.35. The number of nitrogens with zero attached hydrogens (tertiary/aromatic N) is 2. The van der Waals surface area contributed by atoms with Gasteiger partial charge in [0.25, 0.3) is 5.91 Å². The molecule has 1 aliphatic rings. The van der Waals surface area contributed by atoms with Gasteiger partial charge in [-0.05, 0) is 66.6 Å². The van der Waals surface area contributed by atoms with Gasteiger partial charge in [0.15, 0.2) is 0 Å². The summed E-state index contributed by atoms with van der Waals surface area (Å²) in [6.45, 7) is 0.767. The van der Waals surface area contributed by atoms with Gasteiger partial charge in [0.05, 0.1) is 22.3 Å². The standard InChI is InChI=1S/C26H27Cl2N3O4S2/c1-30(36(2)34)24-6-4-3-5-23(24)26(33)29-20-7-9-21(10-8-20)37(35)31-12-11-22(25(32)16-31)17-13-18(27)15-19(28)14-17/h3-10,13-15,22,25,32H,11-12,16H2,1-2H3,(H,29,33). The van der Waals surface area contributed by atoms with Crippen molar-refractivity contribution in [2.24, 2.45) is 0 Å². The minimum atomic E-state index is -1.47. The summed E-state index contributed by atoms with van der Waals surface area (Å²) in [6, 6.07) is 19.0. The van der Waals surface area contributed by atoms with Crippen LogP contribution in [-0.4, -0.2) is 56.2 Å². The van der Waals surface area contributed by atoms with Crippen LogP contribution in [0.4, 0.5) is 11.4 Å². The molecule has 2 N–H and O–H groups in total. The van der Waals surface area contributed by atoms with E-state index in [0.29, 0.717) is 44.8 Å². The Balaban J connectivity index is 1.41. The normalized spacial score (nSPS) is 19.7. The lowest BCUT2D eigenvalue weighted by Crippen LogP contribution is -2.43. The summed E-state index contributed by atoms with van der Waals surface area (Å²) in [4.78, 5) is 13.5. The van der Waals surface area contributed by atoms with Crippen LogP contribution in [-0.2, 0) is 22.0 Å². The largest absolute Gasteiger partial charge is 0.391 e. The van der Waals surface area contributed by atoms with Crippen molar-refractivity contribution in [2.75, 3.05) is 36.0 Å². The third-order valence-electron chi connectivity index (χ3n) is 6.28. The van der Waals surface area contributed by atoms with Crippen LogP contribution in [0.1, 0.15) is 28.3 Å². The highest BCUT2D eigenvalue weighted by Crippen LogP contribution is 2.33. The monoisotopic (exact) mass is 579 g/mol. The van der Waals surface area contributed by atoms with Crippen molar-refractivity contribution in [3.05, 3.63) is 87.9 Å². The first-order valence-corrected chi connectivity index (χ1v) is 14.9. The van der Waals surface area contributed by atoms with Gasteiger partial charge >= 0.3 is 0 Å². The number of benzene rings is 3. The number of nitrogens with one attached hydrogen (secondary N) is 1. The van der Waals surface area contributed by atoms with Gasteiger partial charge in [-0.15, -0.1) is 0 Å². The molecule has 1 aliphatic heterocycles. The maximum atomic E-state index is 13.2. The Morgan fingerprint density at radius 3 is 2.32 bits per heavy atom. The highest BCUT2D eigenvalue weighted by molar-refractivity contribution is 7.85. The second kappa shape index (κ2) is 12.1. The molecule has 0 aliphatic carbocycles.